The Morgan fingerprint density at radius 1 is 1.23 bits per heavy atom. The summed E-state index contributed by atoms with van der Waals surface area (Å²) in [6, 6.07) is 0. The number of alkyl halides is 7. The molecule has 0 aliphatic rings. The maximum Gasteiger partial charge on any atom is 0.491 e. The van der Waals surface area contributed by atoms with Gasteiger partial charge >= 0.3 is 12.1 Å². The first kappa shape index (κ1) is 13.4. The number of hydrogen-bond donors (Lipinski definition) is 0. The van der Waals surface area contributed by atoms with Gasteiger partial charge in [0.1, 0.15) is 0 Å². The fraction of sp³-hybridized carbons (Fsp3) is 0.750. The van der Waals surface area contributed by atoms with Crippen molar-refractivity contribution in [3.63, 3.8) is 0 Å². The van der Waals surface area contributed by atoms with E-state index in [0.717, 1.165) is 0 Å². The molecule has 2 nitrogen and oxygen atoms in total. The molecule has 9 heteroatoms. The number of carbonyl (C=O) groups excluding carboxylic acids is 1. The molecule has 0 unspecified atom stereocenters. The monoisotopic (exact) mass is 278 g/mol. The van der Waals surface area contributed by atoms with E-state index in [1.807, 2.05) is 0 Å². The predicted molar refractivity (Wildman–Crippen MR) is 42.1 cm³/mol. The second-order valence-electron chi connectivity index (χ2n) is 1.75. The molecule has 0 heterocycles. The maximum atomic E-state index is 11.6. The summed E-state index contributed by atoms with van der Waals surface area (Å²) in [5.74, 6) is -2.57. The van der Waals surface area contributed by atoms with Crippen LogP contribution in [0.4, 0.5) is 13.2 Å². The van der Waals surface area contributed by atoms with Gasteiger partial charge in [0.05, 0.1) is 0 Å². The molecule has 0 aliphatic heterocycles. The van der Waals surface area contributed by atoms with Gasteiger partial charge in [-0.1, -0.05) is 46.4 Å². The Balaban J connectivity index is 4.38. The Labute approximate surface area is 90.8 Å². The first-order valence-electron chi connectivity index (χ1n) is 2.53. The summed E-state index contributed by atoms with van der Waals surface area (Å²) in [6.45, 7) is 0. The van der Waals surface area contributed by atoms with Crippen molar-refractivity contribution in [2.24, 2.45) is 0 Å². The number of carbonyl (C=O) groups is 1. The van der Waals surface area contributed by atoms with E-state index in [4.69, 9.17) is 46.4 Å². The zero-order valence-corrected chi connectivity index (χ0v) is 8.56. The van der Waals surface area contributed by atoms with Crippen LogP contribution in [-0.2, 0) is 9.53 Å². The molecule has 0 bridgehead atoms. The van der Waals surface area contributed by atoms with Crippen molar-refractivity contribution in [3.05, 3.63) is 0 Å². The van der Waals surface area contributed by atoms with E-state index in [-0.39, 0.29) is 0 Å². The molecule has 0 saturated carbocycles. The summed E-state index contributed by atoms with van der Waals surface area (Å²) < 4.78 is 35.6. The summed E-state index contributed by atoms with van der Waals surface area (Å²) in [6.07, 6.45) is -5.20. The zero-order chi connectivity index (χ0) is 10.9. The Kier molecular flexibility index (Phi) is 4.43. The first-order valence-corrected chi connectivity index (χ1v) is 4.16. The van der Waals surface area contributed by atoms with Gasteiger partial charge in [0.25, 0.3) is 4.52 Å². The van der Waals surface area contributed by atoms with Gasteiger partial charge in [-0.25, -0.2) is 4.79 Å². The summed E-state index contributed by atoms with van der Waals surface area (Å²) in [5.41, 5.74) is 0. The Hall–Kier alpha value is 0.420. The van der Waals surface area contributed by atoms with Crippen LogP contribution in [0, 0.1) is 0 Å². The van der Waals surface area contributed by atoms with E-state index < -0.39 is 21.5 Å². The zero-order valence-electron chi connectivity index (χ0n) is 5.54. The maximum absolute atomic E-state index is 11.6. The van der Waals surface area contributed by atoms with E-state index >= 15 is 0 Å². The lowest BCUT2D eigenvalue weighted by atomic mass is 10.6. The fourth-order valence-electron chi connectivity index (χ4n) is 0.226. The molecule has 0 atom stereocenters. The lowest BCUT2D eigenvalue weighted by molar-refractivity contribution is -0.203. The van der Waals surface area contributed by atoms with Crippen LogP contribution in [0.5, 0.6) is 0 Å². The van der Waals surface area contributed by atoms with E-state index in [1.165, 1.54) is 0 Å². The minimum absolute atomic E-state index is 1.69. The van der Waals surface area contributed by atoms with Gasteiger partial charge in [-0.3, -0.25) is 0 Å². The van der Waals surface area contributed by atoms with Crippen LogP contribution in [0.3, 0.4) is 0 Å². The van der Waals surface area contributed by atoms with Gasteiger partial charge in [-0.05, 0) is 0 Å². The van der Waals surface area contributed by atoms with Gasteiger partial charge in [0.2, 0.25) is 0 Å². The number of rotatable bonds is 2. The van der Waals surface area contributed by atoms with E-state index in [1.54, 1.807) is 0 Å². The molecule has 0 spiro atoms. The smallest absolute Gasteiger partial charge is 0.419 e. The summed E-state index contributed by atoms with van der Waals surface area (Å²) in [5, 5.41) is 0. The predicted octanol–water partition coefficient (Wildman–Crippen LogP) is 3.03. The molecule has 0 aliphatic carbocycles. The third kappa shape index (κ3) is 4.44. The third-order valence-corrected chi connectivity index (χ3v) is 2.37. The van der Waals surface area contributed by atoms with Gasteiger partial charge in [-0.15, -0.1) is 0 Å². The molecule has 0 N–H and O–H groups in total. The molecule has 0 aromatic heterocycles. The first-order chi connectivity index (χ1) is 5.57. The topological polar surface area (TPSA) is 26.3 Å². The van der Waals surface area contributed by atoms with Gasteiger partial charge < -0.3 is 4.74 Å². The Bertz CT molecular complexity index is 202. The molecular formula is C4HCl4F3O2. The van der Waals surface area contributed by atoms with E-state index in [9.17, 15) is 18.0 Å². The molecule has 0 aromatic rings. The number of hydrogen-bond acceptors (Lipinski definition) is 2. The average Bonchev–Trinajstić information content (AvgIpc) is 1.83. The highest BCUT2D eigenvalue weighted by atomic mass is 35.5. The van der Waals surface area contributed by atoms with Crippen molar-refractivity contribution in [1.29, 1.82) is 0 Å². The van der Waals surface area contributed by atoms with Crippen LogP contribution in [0.1, 0.15) is 0 Å². The second-order valence-corrected chi connectivity index (χ2v) is 4.16. The molecular weight excluding hydrogens is 279 g/mol. The lowest BCUT2D eigenvalue weighted by Crippen LogP contribution is -2.36. The number of esters is 1. The SMILES string of the molecule is O=C(OC(Cl)(Cl)C(Cl)Cl)C(F)(F)F. The largest absolute Gasteiger partial charge is 0.491 e. The average molecular weight is 280 g/mol. The highest BCUT2D eigenvalue weighted by Gasteiger charge is 2.47. The summed E-state index contributed by atoms with van der Waals surface area (Å²) in [7, 11) is 0. The van der Waals surface area contributed by atoms with E-state index in [2.05, 4.69) is 4.74 Å². The number of halogens is 7. The summed E-state index contributed by atoms with van der Waals surface area (Å²) >= 11 is 20.1. The van der Waals surface area contributed by atoms with Gasteiger partial charge in [-0.2, -0.15) is 13.2 Å². The standard InChI is InChI=1S/C4HCl4F3O2/c5-1(6)3(7,8)13-2(12)4(9,10)11/h1H. The molecule has 0 rings (SSSR count). The van der Waals surface area contributed by atoms with Crippen LogP contribution >= 0.6 is 46.4 Å². The quantitative estimate of drug-likeness (QED) is 0.574. The highest BCUT2D eigenvalue weighted by molar-refractivity contribution is 6.59. The van der Waals surface area contributed by atoms with Gasteiger partial charge in [0, 0.05) is 0 Å². The second kappa shape index (κ2) is 4.29. The van der Waals surface area contributed by atoms with Crippen molar-refractivity contribution >= 4 is 52.4 Å². The molecule has 0 aromatic carbocycles. The normalized spacial score (nSPS) is 13.2. The van der Waals surface area contributed by atoms with Crippen LogP contribution in [0.15, 0.2) is 0 Å². The highest BCUT2D eigenvalue weighted by Crippen LogP contribution is 2.35. The van der Waals surface area contributed by atoms with Crippen molar-refractivity contribution in [1.82, 2.24) is 0 Å². The fourth-order valence-corrected chi connectivity index (χ4v) is 0.455. The van der Waals surface area contributed by atoms with Crippen molar-refractivity contribution in [3.8, 4) is 0 Å². The van der Waals surface area contributed by atoms with Crippen molar-refractivity contribution in [2.75, 3.05) is 0 Å². The summed E-state index contributed by atoms with van der Waals surface area (Å²) in [4.78, 5) is 8.46. The lowest BCUT2D eigenvalue weighted by Gasteiger charge is -2.21. The molecule has 13 heavy (non-hydrogen) atoms. The van der Waals surface area contributed by atoms with Gasteiger partial charge in [0.15, 0.2) is 4.84 Å². The molecule has 0 fully saturated rings. The molecule has 0 radical (unpaired) electrons. The Morgan fingerprint density at radius 3 is 1.85 bits per heavy atom. The van der Waals surface area contributed by atoms with Crippen molar-refractivity contribution < 1.29 is 22.7 Å². The van der Waals surface area contributed by atoms with Crippen LogP contribution in [0.2, 0.25) is 0 Å². The van der Waals surface area contributed by atoms with Crippen LogP contribution < -0.4 is 0 Å². The minimum Gasteiger partial charge on any atom is -0.419 e. The molecule has 0 amide bonds. The van der Waals surface area contributed by atoms with Crippen LogP contribution in [0.25, 0.3) is 0 Å². The Morgan fingerprint density at radius 2 is 1.62 bits per heavy atom. The number of ether oxygens (including phenoxy) is 1. The third-order valence-electron chi connectivity index (χ3n) is 0.714. The van der Waals surface area contributed by atoms with Crippen molar-refractivity contribution in [2.45, 2.75) is 15.5 Å². The molecule has 0 saturated heterocycles. The minimum atomic E-state index is -5.20. The molecule has 78 valence electrons. The van der Waals surface area contributed by atoms with E-state index in [0.29, 0.717) is 0 Å². The van der Waals surface area contributed by atoms with Crippen LogP contribution in [-0.4, -0.2) is 21.5 Å².